The first-order chi connectivity index (χ1) is 18.0. The maximum absolute atomic E-state index is 11.2. The fourth-order valence-corrected chi connectivity index (χ4v) is 6.09. The quantitative estimate of drug-likeness (QED) is 0.204. The smallest absolute Gasteiger partial charge is 0.335 e. The van der Waals surface area contributed by atoms with E-state index in [0.29, 0.717) is 15.7 Å². The number of rotatable bonds is 9. The molecule has 1 heterocycles. The molecule has 4 aromatic rings. The second-order valence-electron chi connectivity index (χ2n) is 9.77. The molecule has 0 spiro atoms. The van der Waals surface area contributed by atoms with Gasteiger partial charge in [-0.05, 0) is 86.3 Å². The van der Waals surface area contributed by atoms with E-state index in [0.717, 1.165) is 33.2 Å². The van der Waals surface area contributed by atoms with E-state index in [1.807, 2.05) is 24.3 Å². The van der Waals surface area contributed by atoms with E-state index >= 15 is 0 Å². The fraction of sp³-hybridized carbons (Fsp3) is 0.276. The highest BCUT2D eigenvalue weighted by Crippen LogP contribution is 2.43. The van der Waals surface area contributed by atoms with Gasteiger partial charge in [-0.1, -0.05) is 54.4 Å². The summed E-state index contributed by atoms with van der Waals surface area (Å²) >= 11 is 14.6. The van der Waals surface area contributed by atoms with Crippen LogP contribution in [-0.4, -0.2) is 26.1 Å². The maximum Gasteiger partial charge on any atom is 0.335 e. The van der Waals surface area contributed by atoms with E-state index < -0.39 is 5.97 Å². The van der Waals surface area contributed by atoms with Crippen molar-refractivity contribution in [1.29, 1.82) is 0 Å². The molecule has 0 amide bonds. The number of carboxylic acid groups (broad SMARTS) is 1. The Hall–Kier alpha value is -3.00. The first-order valence-electron chi connectivity index (χ1n) is 12.1. The minimum Gasteiger partial charge on any atom is -0.487 e. The van der Waals surface area contributed by atoms with Gasteiger partial charge in [-0.3, -0.25) is 0 Å². The van der Waals surface area contributed by atoms with Gasteiger partial charge < -0.3 is 9.84 Å². The second kappa shape index (κ2) is 11.4. The van der Waals surface area contributed by atoms with Gasteiger partial charge in [0.1, 0.15) is 23.7 Å². The van der Waals surface area contributed by atoms with Crippen molar-refractivity contribution in [2.45, 2.75) is 56.8 Å². The number of aromatic carboxylic acids is 1. The number of hydrogen-bond donors (Lipinski definition) is 1. The van der Waals surface area contributed by atoms with Crippen LogP contribution in [0.5, 0.6) is 5.75 Å². The average molecular weight is 571 g/mol. The van der Waals surface area contributed by atoms with Crippen molar-refractivity contribution in [2.24, 2.45) is 0 Å². The fourth-order valence-electron chi connectivity index (χ4n) is 4.34. The van der Waals surface area contributed by atoms with Gasteiger partial charge in [-0.2, -0.15) is 0 Å². The molecule has 4 rings (SSSR count). The van der Waals surface area contributed by atoms with Gasteiger partial charge in [-0.25, -0.2) is 9.48 Å². The number of para-hydroxylation sites is 1. The Morgan fingerprint density at radius 3 is 2.32 bits per heavy atom. The lowest BCUT2D eigenvalue weighted by Gasteiger charge is -2.27. The minimum atomic E-state index is -0.929. The molecule has 0 aliphatic rings. The van der Waals surface area contributed by atoms with E-state index in [-0.39, 0.29) is 22.8 Å². The number of carbonyl (C=O) groups is 1. The topological polar surface area (TPSA) is 77.2 Å². The molecule has 0 aliphatic carbocycles. The summed E-state index contributed by atoms with van der Waals surface area (Å²) in [6, 6.07) is 18.3. The zero-order valence-electron chi connectivity index (χ0n) is 21.8. The van der Waals surface area contributed by atoms with Crippen molar-refractivity contribution in [3.63, 3.8) is 0 Å². The number of hydrogen-bond acceptors (Lipinski definition) is 5. The monoisotopic (exact) mass is 569 g/mol. The van der Waals surface area contributed by atoms with Crippen LogP contribution < -0.4 is 4.74 Å². The van der Waals surface area contributed by atoms with Crippen LogP contribution in [0.3, 0.4) is 0 Å². The molecule has 38 heavy (non-hydrogen) atoms. The Morgan fingerprint density at radius 2 is 1.74 bits per heavy atom. The van der Waals surface area contributed by atoms with Gasteiger partial charge in [0.2, 0.25) is 0 Å². The highest BCUT2D eigenvalue weighted by Gasteiger charge is 2.25. The van der Waals surface area contributed by atoms with Crippen LogP contribution in [-0.2, 0) is 11.4 Å². The minimum absolute atomic E-state index is 0.134. The summed E-state index contributed by atoms with van der Waals surface area (Å²) in [6.07, 6.45) is 0. The standard InChI is InChI=1S/C29H29Cl2N3O3S/c1-17(2)26-25(34(33-32-26)27-23(30)7-6-8-24(27)31)16-37-20-11-14-22(18(3)15-20)29(4,5)38-21-12-9-19(10-13-21)28(35)36/h6-15,17H,16H2,1-5H3,(H,35,36). The number of thioether (sulfide) groups is 1. The lowest BCUT2D eigenvalue weighted by Crippen LogP contribution is -2.14. The van der Waals surface area contributed by atoms with Gasteiger partial charge in [0, 0.05) is 9.64 Å². The second-order valence-corrected chi connectivity index (χ2v) is 12.3. The molecule has 0 bridgehead atoms. The molecule has 0 radical (unpaired) electrons. The Labute approximate surface area is 236 Å². The molecule has 0 unspecified atom stereocenters. The van der Waals surface area contributed by atoms with Crippen molar-refractivity contribution in [1.82, 2.24) is 15.0 Å². The number of benzene rings is 3. The van der Waals surface area contributed by atoms with Crippen molar-refractivity contribution in [3.05, 3.63) is 98.8 Å². The van der Waals surface area contributed by atoms with E-state index in [4.69, 9.17) is 33.0 Å². The van der Waals surface area contributed by atoms with E-state index in [1.165, 1.54) is 0 Å². The number of aryl methyl sites for hydroxylation is 1. The van der Waals surface area contributed by atoms with Gasteiger partial charge in [0.25, 0.3) is 0 Å². The number of halogens is 2. The summed E-state index contributed by atoms with van der Waals surface area (Å²) in [4.78, 5) is 12.2. The maximum atomic E-state index is 11.2. The summed E-state index contributed by atoms with van der Waals surface area (Å²) in [5.41, 5.74) is 4.72. The Morgan fingerprint density at radius 1 is 1.08 bits per heavy atom. The van der Waals surface area contributed by atoms with Crippen LogP contribution in [0.2, 0.25) is 10.0 Å². The van der Waals surface area contributed by atoms with Gasteiger partial charge >= 0.3 is 5.97 Å². The van der Waals surface area contributed by atoms with Crippen molar-refractivity contribution in [3.8, 4) is 11.4 Å². The molecule has 3 aromatic carbocycles. The van der Waals surface area contributed by atoms with Crippen LogP contribution in [0.15, 0.2) is 65.6 Å². The highest BCUT2D eigenvalue weighted by molar-refractivity contribution is 8.00. The summed E-state index contributed by atoms with van der Waals surface area (Å²) in [5.74, 6) is -0.0674. The third-order valence-corrected chi connectivity index (χ3v) is 8.03. The third-order valence-electron chi connectivity index (χ3n) is 6.19. The predicted octanol–water partition coefficient (Wildman–Crippen LogP) is 8.31. The molecular formula is C29H29Cl2N3O3S. The molecule has 0 fully saturated rings. The predicted molar refractivity (Wildman–Crippen MR) is 153 cm³/mol. The van der Waals surface area contributed by atoms with E-state index in [9.17, 15) is 4.79 Å². The van der Waals surface area contributed by atoms with Crippen molar-refractivity contribution >= 4 is 40.9 Å². The van der Waals surface area contributed by atoms with Gasteiger partial charge in [0.05, 0.1) is 21.3 Å². The Kier molecular flexibility index (Phi) is 8.40. The number of ether oxygens (including phenoxy) is 1. The van der Waals surface area contributed by atoms with Crippen LogP contribution >= 0.6 is 35.0 Å². The van der Waals surface area contributed by atoms with E-state index in [1.54, 1.807) is 46.8 Å². The number of aromatic nitrogens is 3. The van der Waals surface area contributed by atoms with Crippen LogP contribution in [0.25, 0.3) is 5.69 Å². The molecule has 0 aliphatic heterocycles. The molecule has 0 atom stereocenters. The first kappa shape index (κ1) is 28.0. The molecular weight excluding hydrogens is 541 g/mol. The molecule has 1 N–H and O–H groups in total. The summed E-state index contributed by atoms with van der Waals surface area (Å²) < 4.78 is 7.65. The molecule has 198 valence electrons. The molecule has 9 heteroatoms. The van der Waals surface area contributed by atoms with Gasteiger partial charge in [0.15, 0.2) is 0 Å². The molecule has 0 saturated heterocycles. The summed E-state index contributed by atoms with van der Waals surface area (Å²) in [7, 11) is 0. The normalized spacial score (nSPS) is 11.7. The van der Waals surface area contributed by atoms with E-state index in [2.05, 4.69) is 51.0 Å². The largest absolute Gasteiger partial charge is 0.487 e. The molecule has 1 aromatic heterocycles. The Balaban J connectivity index is 1.56. The SMILES string of the molecule is Cc1cc(OCc2c(C(C)C)nnn2-c2c(Cl)cccc2Cl)ccc1C(C)(C)Sc1ccc(C(=O)O)cc1. The lowest BCUT2D eigenvalue weighted by atomic mass is 9.97. The van der Waals surface area contributed by atoms with Crippen molar-refractivity contribution < 1.29 is 14.6 Å². The zero-order valence-corrected chi connectivity index (χ0v) is 24.2. The number of carboxylic acids is 1. The zero-order chi connectivity index (χ0) is 27.6. The third kappa shape index (κ3) is 6.01. The van der Waals surface area contributed by atoms with Gasteiger partial charge in [-0.15, -0.1) is 16.9 Å². The molecule has 6 nitrogen and oxygen atoms in total. The molecule has 0 saturated carbocycles. The van der Waals surface area contributed by atoms with Crippen LogP contribution in [0.1, 0.15) is 66.5 Å². The highest BCUT2D eigenvalue weighted by atomic mass is 35.5. The summed E-state index contributed by atoms with van der Waals surface area (Å²) in [6.45, 7) is 10.7. The number of nitrogens with zero attached hydrogens (tertiary/aromatic N) is 3. The van der Waals surface area contributed by atoms with Crippen LogP contribution in [0, 0.1) is 6.92 Å². The van der Waals surface area contributed by atoms with Crippen LogP contribution in [0.4, 0.5) is 0 Å². The lowest BCUT2D eigenvalue weighted by molar-refractivity contribution is 0.0697. The Bertz CT molecular complexity index is 1450. The average Bonchev–Trinajstić information content (AvgIpc) is 3.26. The summed E-state index contributed by atoms with van der Waals surface area (Å²) in [5, 5.41) is 18.8. The first-order valence-corrected chi connectivity index (χ1v) is 13.7. The van der Waals surface area contributed by atoms with Crippen molar-refractivity contribution in [2.75, 3.05) is 0 Å².